The van der Waals surface area contributed by atoms with Gasteiger partial charge in [-0.2, -0.15) is 0 Å². The Balaban J connectivity index is 1.34. The number of unbranched alkanes of at least 4 members (excludes halogenated alkanes) is 1. The molecule has 4 saturated heterocycles. The third-order valence-corrected chi connectivity index (χ3v) is 9.08. The van der Waals surface area contributed by atoms with Crippen LogP contribution in [0.3, 0.4) is 0 Å². The van der Waals surface area contributed by atoms with Crippen LogP contribution < -0.4 is 0 Å². The van der Waals surface area contributed by atoms with E-state index in [4.69, 9.17) is 37.9 Å². The Labute approximate surface area is 285 Å². The molecule has 0 saturated carbocycles. The molecule has 4 rings (SSSR count). The quantitative estimate of drug-likeness (QED) is 0.0693. The van der Waals surface area contributed by atoms with Crippen LogP contribution in [0.2, 0.25) is 0 Å². The highest BCUT2D eigenvalue weighted by Gasteiger charge is 2.52. The van der Waals surface area contributed by atoms with Gasteiger partial charge in [-0.15, -0.1) is 0 Å². The zero-order valence-corrected chi connectivity index (χ0v) is 26.7. The van der Waals surface area contributed by atoms with Gasteiger partial charge in [0.2, 0.25) is 0 Å². The summed E-state index contributed by atoms with van der Waals surface area (Å²) in [6, 6.07) is 0. The maximum atomic E-state index is 10.7. The first kappa shape index (κ1) is 41.9. The van der Waals surface area contributed by atoms with Crippen molar-refractivity contribution < 1.29 is 109 Å². The van der Waals surface area contributed by atoms with Gasteiger partial charge in [0.15, 0.2) is 25.2 Å². The summed E-state index contributed by atoms with van der Waals surface area (Å²) < 4.78 is 43.8. The van der Waals surface area contributed by atoms with E-state index in [9.17, 15) is 71.5 Å². The minimum Gasteiger partial charge on any atom is -0.394 e. The molecule has 4 aliphatic rings. The summed E-state index contributed by atoms with van der Waals surface area (Å²) in [5, 5.41) is 142. The van der Waals surface area contributed by atoms with Crippen molar-refractivity contribution >= 4 is 0 Å². The predicted octanol–water partition coefficient (Wildman–Crippen LogP) is -8.95. The average molecular weight is 739 g/mol. The highest BCUT2D eigenvalue weighted by Crippen LogP contribution is 2.32. The van der Waals surface area contributed by atoms with Gasteiger partial charge in [-0.3, -0.25) is 0 Å². The van der Waals surface area contributed by atoms with E-state index in [2.05, 4.69) is 0 Å². The lowest BCUT2D eigenvalue weighted by Crippen LogP contribution is -2.64. The molecule has 0 spiro atoms. The van der Waals surface area contributed by atoms with Crippen molar-refractivity contribution in [3.05, 3.63) is 0 Å². The van der Waals surface area contributed by atoms with Crippen molar-refractivity contribution in [3.63, 3.8) is 0 Å². The molecule has 4 aliphatic heterocycles. The molecule has 4 heterocycles. The molecule has 20 atom stereocenters. The van der Waals surface area contributed by atoms with E-state index < -0.39 is 149 Å². The van der Waals surface area contributed by atoms with E-state index in [-0.39, 0.29) is 26.1 Å². The molecule has 22 nitrogen and oxygen atoms in total. The number of ether oxygens (including phenoxy) is 8. The molecule has 0 amide bonds. The minimum absolute atomic E-state index is 0.160. The third kappa shape index (κ3) is 9.25. The van der Waals surface area contributed by atoms with E-state index in [1.807, 2.05) is 0 Å². The fourth-order valence-corrected chi connectivity index (χ4v) is 6.08. The Kier molecular flexibility index (Phi) is 15.9. The summed E-state index contributed by atoms with van der Waals surface area (Å²) in [6.07, 6.45) is -31.9. The van der Waals surface area contributed by atoms with Crippen LogP contribution in [0.4, 0.5) is 0 Å². The molecule has 0 radical (unpaired) electrons. The number of rotatable bonds is 15. The van der Waals surface area contributed by atoms with Crippen LogP contribution in [0.1, 0.15) is 12.8 Å². The van der Waals surface area contributed by atoms with Gasteiger partial charge in [0, 0.05) is 13.2 Å². The normalized spacial score (nSPS) is 48.8. The number of hydrogen-bond donors (Lipinski definition) is 14. The van der Waals surface area contributed by atoms with Gasteiger partial charge < -0.3 is 109 Å². The largest absolute Gasteiger partial charge is 0.394 e. The van der Waals surface area contributed by atoms with E-state index in [1.54, 1.807) is 0 Å². The predicted molar refractivity (Wildman–Crippen MR) is 154 cm³/mol. The number of aliphatic hydroxyl groups excluding tert-OH is 14. The molecule has 0 aliphatic carbocycles. The summed E-state index contributed by atoms with van der Waals surface area (Å²) >= 11 is 0. The second kappa shape index (κ2) is 18.9. The van der Waals surface area contributed by atoms with Crippen LogP contribution in [-0.2, 0) is 37.9 Å². The van der Waals surface area contributed by atoms with Crippen LogP contribution >= 0.6 is 0 Å². The van der Waals surface area contributed by atoms with Crippen LogP contribution in [0, 0.1) is 0 Å². The summed E-state index contributed by atoms with van der Waals surface area (Å²) in [6.45, 7) is -3.28. The topological polar surface area (TPSA) is 357 Å². The maximum absolute atomic E-state index is 10.7. The molecule has 294 valence electrons. The van der Waals surface area contributed by atoms with Gasteiger partial charge in [0.05, 0.1) is 26.4 Å². The summed E-state index contributed by atoms with van der Waals surface area (Å²) in [7, 11) is 0. The summed E-state index contributed by atoms with van der Waals surface area (Å²) in [5.41, 5.74) is 0. The zero-order valence-electron chi connectivity index (χ0n) is 26.7. The van der Waals surface area contributed by atoms with Crippen molar-refractivity contribution in [2.45, 2.75) is 136 Å². The van der Waals surface area contributed by atoms with Crippen molar-refractivity contribution in [2.24, 2.45) is 0 Å². The lowest BCUT2D eigenvalue weighted by Gasteiger charge is -2.46. The zero-order chi connectivity index (χ0) is 36.9. The molecular weight excluding hydrogens is 688 g/mol. The van der Waals surface area contributed by atoms with Gasteiger partial charge in [-0.25, -0.2) is 0 Å². The number of hydrogen-bond acceptors (Lipinski definition) is 22. The van der Waals surface area contributed by atoms with Gasteiger partial charge in [0.1, 0.15) is 97.7 Å². The van der Waals surface area contributed by atoms with Gasteiger partial charge in [-0.05, 0) is 12.8 Å². The Morgan fingerprint density at radius 1 is 0.360 bits per heavy atom. The van der Waals surface area contributed by atoms with Crippen LogP contribution in [-0.4, -0.2) is 234 Å². The standard InChI is InChI=1S/C28H50O22/c29-5-9-13(33)17(37)21(25(41)45-9)49-27-23(19(39)15(35)11(7-31)47-27)43-3-1-2-4-44-24-20(40)16(36)12(8-32)48-28(24)50-22-18(38)14(34)10(6-30)46-26(22)42/h9-42H,1-8H2/t9-,10?,11-,12?,13+,14+,15+,16+,17?,18?,19?,20?,21?,22?,23?,24?,25-,26+,27-,28-/m0/s1. The molecule has 0 aromatic heterocycles. The highest BCUT2D eigenvalue weighted by atomic mass is 16.8. The van der Waals surface area contributed by atoms with Crippen molar-refractivity contribution in [3.8, 4) is 0 Å². The molecule has 22 heteroatoms. The average Bonchev–Trinajstić information content (AvgIpc) is 3.10. The van der Waals surface area contributed by atoms with E-state index >= 15 is 0 Å². The Hall–Kier alpha value is -0.880. The molecular formula is C28H50O22. The van der Waals surface area contributed by atoms with Crippen molar-refractivity contribution in [2.75, 3.05) is 39.6 Å². The second-order valence-electron chi connectivity index (χ2n) is 12.5. The molecule has 14 N–H and O–H groups in total. The van der Waals surface area contributed by atoms with Crippen LogP contribution in [0.25, 0.3) is 0 Å². The molecule has 50 heavy (non-hydrogen) atoms. The molecule has 0 bridgehead atoms. The smallest absolute Gasteiger partial charge is 0.187 e. The first-order valence-electron chi connectivity index (χ1n) is 16.2. The second-order valence-corrected chi connectivity index (χ2v) is 12.5. The van der Waals surface area contributed by atoms with E-state index in [0.29, 0.717) is 0 Å². The highest BCUT2D eigenvalue weighted by molar-refractivity contribution is 4.95. The molecule has 4 fully saturated rings. The first-order valence-corrected chi connectivity index (χ1v) is 16.2. The third-order valence-electron chi connectivity index (χ3n) is 9.08. The molecule has 0 aromatic carbocycles. The van der Waals surface area contributed by atoms with E-state index in [0.717, 1.165) is 0 Å². The molecule has 0 aromatic rings. The van der Waals surface area contributed by atoms with Crippen LogP contribution in [0.5, 0.6) is 0 Å². The fraction of sp³-hybridized carbons (Fsp3) is 1.00. The SMILES string of the molecule is OCC1O[C@@H](OC2C(O)[C@H](O)C(CO)O[C@H]2O)C(OCCCCOC2C(O)[C@H](O)[C@H](CO)O[C@H]2OC2C(O)[C@H](O)[C@H](CO)O[C@@H]2O)C(O)[C@@H]1O. The van der Waals surface area contributed by atoms with Crippen LogP contribution in [0.15, 0.2) is 0 Å². The van der Waals surface area contributed by atoms with Crippen molar-refractivity contribution in [1.82, 2.24) is 0 Å². The first-order chi connectivity index (χ1) is 23.8. The summed E-state index contributed by atoms with van der Waals surface area (Å²) in [5.74, 6) is 0. The lowest BCUT2D eigenvalue weighted by atomic mass is 9.97. The lowest BCUT2D eigenvalue weighted by molar-refractivity contribution is -0.366. The Morgan fingerprint density at radius 3 is 0.940 bits per heavy atom. The minimum atomic E-state index is -1.86. The Morgan fingerprint density at radius 2 is 0.640 bits per heavy atom. The fourth-order valence-electron chi connectivity index (χ4n) is 6.08. The van der Waals surface area contributed by atoms with Gasteiger partial charge in [-0.1, -0.05) is 0 Å². The van der Waals surface area contributed by atoms with Crippen molar-refractivity contribution in [1.29, 1.82) is 0 Å². The number of aliphatic hydroxyl groups is 14. The molecule has 10 unspecified atom stereocenters. The Bertz CT molecular complexity index is 923. The maximum Gasteiger partial charge on any atom is 0.187 e. The van der Waals surface area contributed by atoms with Gasteiger partial charge in [0.25, 0.3) is 0 Å². The summed E-state index contributed by atoms with van der Waals surface area (Å²) in [4.78, 5) is 0. The monoisotopic (exact) mass is 738 g/mol. The van der Waals surface area contributed by atoms with Gasteiger partial charge >= 0.3 is 0 Å². The van der Waals surface area contributed by atoms with E-state index in [1.165, 1.54) is 0 Å².